The van der Waals surface area contributed by atoms with Crippen LogP contribution in [0, 0.1) is 0 Å². The van der Waals surface area contributed by atoms with Gasteiger partial charge in [-0.05, 0) is 51.2 Å². The first-order chi connectivity index (χ1) is 9.11. The lowest BCUT2D eigenvalue weighted by atomic mass is 10.0. The molecule has 104 valence electrons. The highest BCUT2D eigenvalue weighted by molar-refractivity contribution is 5.94. The molecule has 0 N–H and O–H groups in total. The van der Waals surface area contributed by atoms with Crippen molar-refractivity contribution in [1.82, 2.24) is 9.80 Å². The number of amides is 1. The molecule has 1 amide bonds. The van der Waals surface area contributed by atoms with Gasteiger partial charge in [-0.2, -0.15) is 0 Å². The van der Waals surface area contributed by atoms with Crippen molar-refractivity contribution < 1.29 is 9.53 Å². The van der Waals surface area contributed by atoms with Crippen LogP contribution in [0.2, 0.25) is 0 Å². The van der Waals surface area contributed by atoms with Crippen molar-refractivity contribution in [2.24, 2.45) is 0 Å². The van der Waals surface area contributed by atoms with E-state index in [2.05, 4.69) is 19.0 Å². The van der Waals surface area contributed by atoms with E-state index in [1.165, 1.54) is 0 Å². The van der Waals surface area contributed by atoms with Crippen LogP contribution < -0.4 is 4.74 Å². The molecule has 0 unspecified atom stereocenters. The number of benzene rings is 1. The Morgan fingerprint density at radius 2 is 1.79 bits per heavy atom. The second-order valence-corrected chi connectivity index (χ2v) is 5.22. The van der Waals surface area contributed by atoms with E-state index in [9.17, 15) is 4.79 Å². The highest BCUT2D eigenvalue weighted by Crippen LogP contribution is 2.18. The van der Waals surface area contributed by atoms with Crippen LogP contribution in [0.4, 0.5) is 0 Å². The number of hydrogen-bond acceptors (Lipinski definition) is 3. The van der Waals surface area contributed by atoms with Crippen molar-refractivity contribution in [3.8, 4) is 5.75 Å². The van der Waals surface area contributed by atoms with Crippen molar-refractivity contribution in [3.05, 3.63) is 29.8 Å². The largest absolute Gasteiger partial charge is 0.497 e. The van der Waals surface area contributed by atoms with Crippen molar-refractivity contribution in [2.75, 3.05) is 34.3 Å². The molecule has 4 heteroatoms. The topological polar surface area (TPSA) is 32.8 Å². The molecule has 1 fully saturated rings. The highest BCUT2D eigenvalue weighted by atomic mass is 16.5. The fourth-order valence-electron chi connectivity index (χ4n) is 2.50. The van der Waals surface area contributed by atoms with E-state index in [1.807, 2.05) is 29.2 Å². The molecule has 1 saturated heterocycles. The summed E-state index contributed by atoms with van der Waals surface area (Å²) in [5.74, 6) is 0.905. The summed E-state index contributed by atoms with van der Waals surface area (Å²) < 4.78 is 5.10. The molecule has 0 aromatic heterocycles. The molecule has 0 aliphatic carbocycles. The minimum absolute atomic E-state index is 0.125. The first kappa shape index (κ1) is 13.9. The maximum Gasteiger partial charge on any atom is 0.253 e. The van der Waals surface area contributed by atoms with Crippen LogP contribution in [0.25, 0.3) is 0 Å². The minimum atomic E-state index is 0.125. The maximum atomic E-state index is 12.3. The van der Waals surface area contributed by atoms with Gasteiger partial charge in [0.1, 0.15) is 5.75 Å². The fourth-order valence-corrected chi connectivity index (χ4v) is 2.50. The first-order valence-electron chi connectivity index (χ1n) is 6.71. The molecular formula is C15H22N2O2. The Kier molecular flexibility index (Phi) is 4.43. The molecule has 1 heterocycles. The summed E-state index contributed by atoms with van der Waals surface area (Å²) in [6.07, 6.45) is 2.10. The minimum Gasteiger partial charge on any atom is -0.497 e. The van der Waals surface area contributed by atoms with Gasteiger partial charge in [-0.1, -0.05) is 0 Å². The Morgan fingerprint density at radius 1 is 1.21 bits per heavy atom. The third kappa shape index (κ3) is 3.26. The molecule has 0 atom stereocenters. The van der Waals surface area contributed by atoms with Gasteiger partial charge in [-0.25, -0.2) is 0 Å². The lowest BCUT2D eigenvalue weighted by molar-refractivity contribution is 0.0663. The summed E-state index contributed by atoms with van der Waals surface area (Å²) in [7, 11) is 5.83. The van der Waals surface area contributed by atoms with Crippen LogP contribution in [0.1, 0.15) is 23.2 Å². The average Bonchev–Trinajstić information content (AvgIpc) is 2.46. The summed E-state index contributed by atoms with van der Waals surface area (Å²) in [6, 6.07) is 7.93. The zero-order chi connectivity index (χ0) is 13.8. The summed E-state index contributed by atoms with van der Waals surface area (Å²) in [5, 5.41) is 0. The van der Waals surface area contributed by atoms with Gasteiger partial charge in [0.05, 0.1) is 7.11 Å². The first-order valence-corrected chi connectivity index (χ1v) is 6.71. The number of rotatable bonds is 3. The van der Waals surface area contributed by atoms with Crippen LogP contribution in [0.15, 0.2) is 24.3 Å². The van der Waals surface area contributed by atoms with Gasteiger partial charge in [0, 0.05) is 24.7 Å². The number of hydrogen-bond donors (Lipinski definition) is 0. The molecule has 2 rings (SSSR count). The third-order valence-corrected chi connectivity index (χ3v) is 3.82. The Morgan fingerprint density at radius 3 is 2.26 bits per heavy atom. The van der Waals surface area contributed by atoms with E-state index in [1.54, 1.807) is 7.11 Å². The number of carbonyl (C=O) groups is 1. The normalized spacial score (nSPS) is 16.7. The summed E-state index contributed by atoms with van der Waals surface area (Å²) in [5.41, 5.74) is 0.740. The van der Waals surface area contributed by atoms with E-state index in [0.717, 1.165) is 37.2 Å². The summed E-state index contributed by atoms with van der Waals surface area (Å²) >= 11 is 0. The summed E-state index contributed by atoms with van der Waals surface area (Å²) in [6.45, 7) is 1.68. The van der Waals surface area contributed by atoms with Crippen molar-refractivity contribution in [2.45, 2.75) is 18.9 Å². The van der Waals surface area contributed by atoms with Crippen LogP contribution >= 0.6 is 0 Å². The zero-order valence-electron chi connectivity index (χ0n) is 11.9. The molecule has 0 saturated carbocycles. The van der Waals surface area contributed by atoms with Gasteiger partial charge >= 0.3 is 0 Å². The molecule has 1 aromatic carbocycles. The second-order valence-electron chi connectivity index (χ2n) is 5.22. The van der Waals surface area contributed by atoms with Gasteiger partial charge in [0.25, 0.3) is 5.91 Å². The maximum absolute atomic E-state index is 12.3. The van der Waals surface area contributed by atoms with E-state index in [4.69, 9.17) is 4.74 Å². The van der Waals surface area contributed by atoms with Gasteiger partial charge in [0.15, 0.2) is 0 Å². The van der Waals surface area contributed by atoms with Crippen molar-refractivity contribution in [1.29, 1.82) is 0 Å². The van der Waals surface area contributed by atoms with E-state index in [0.29, 0.717) is 6.04 Å². The number of carbonyl (C=O) groups excluding carboxylic acids is 1. The quantitative estimate of drug-likeness (QED) is 0.833. The molecule has 4 nitrogen and oxygen atoms in total. The monoisotopic (exact) mass is 262 g/mol. The number of piperidine rings is 1. The lowest BCUT2D eigenvalue weighted by Crippen LogP contribution is -2.44. The Hall–Kier alpha value is -1.55. The van der Waals surface area contributed by atoms with Crippen LogP contribution in [-0.2, 0) is 0 Å². The molecular weight excluding hydrogens is 240 g/mol. The van der Waals surface area contributed by atoms with Gasteiger partial charge < -0.3 is 14.5 Å². The third-order valence-electron chi connectivity index (χ3n) is 3.82. The molecule has 1 aromatic rings. The summed E-state index contributed by atoms with van der Waals surface area (Å²) in [4.78, 5) is 16.5. The number of ether oxygens (including phenoxy) is 1. The molecule has 0 radical (unpaired) electrons. The van der Waals surface area contributed by atoms with Crippen LogP contribution in [0.3, 0.4) is 0 Å². The van der Waals surface area contributed by atoms with Crippen LogP contribution in [0.5, 0.6) is 5.75 Å². The van der Waals surface area contributed by atoms with E-state index >= 15 is 0 Å². The average molecular weight is 262 g/mol. The standard InChI is InChI=1S/C15H22N2O2/c1-16(2)13-8-10-17(11-9-13)15(18)12-4-6-14(19-3)7-5-12/h4-7,13H,8-11H2,1-3H3. The highest BCUT2D eigenvalue weighted by Gasteiger charge is 2.24. The number of nitrogens with zero attached hydrogens (tertiary/aromatic N) is 2. The van der Waals surface area contributed by atoms with Crippen molar-refractivity contribution in [3.63, 3.8) is 0 Å². The van der Waals surface area contributed by atoms with Crippen molar-refractivity contribution >= 4 is 5.91 Å². The molecule has 1 aliphatic rings. The molecule has 1 aliphatic heterocycles. The molecule has 19 heavy (non-hydrogen) atoms. The van der Waals surface area contributed by atoms with Gasteiger partial charge in [0.2, 0.25) is 0 Å². The Labute approximate surface area is 115 Å². The smallest absolute Gasteiger partial charge is 0.253 e. The van der Waals surface area contributed by atoms with Crippen LogP contribution in [-0.4, -0.2) is 56.0 Å². The number of methoxy groups -OCH3 is 1. The fraction of sp³-hybridized carbons (Fsp3) is 0.533. The molecule has 0 spiro atoms. The zero-order valence-corrected chi connectivity index (χ0v) is 11.9. The molecule has 0 bridgehead atoms. The van der Waals surface area contributed by atoms with E-state index in [-0.39, 0.29) is 5.91 Å². The SMILES string of the molecule is COc1ccc(C(=O)N2CCC(N(C)C)CC2)cc1. The van der Waals surface area contributed by atoms with E-state index < -0.39 is 0 Å². The second kappa shape index (κ2) is 6.06. The predicted octanol–water partition coefficient (Wildman–Crippen LogP) is 1.86. The predicted molar refractivity (Wildman–Crippen MR) is 75.6 cm³/mol. The van der Waals surface area contributed by atoms with Gasteiger partial charge in [-0.15, -0.1) is 0 Å². The Balaban J connectivity index is 1.97. The lowest BCUT2D eigenvalue weighted by Gasteiger charge is -2.35. The van der Waals surface area contributed by atoms with Gasteiger partial charge in [-0.3, -0.25) is 4.79 Å². The number of likely N-dealkylation sites (tertiary alicyclic amines) is 1. The Bertz CT molecular complexity index is 420.